The normalized spacial score (nSPS) is 10.3. The predicted octanol–water partition coefficient (Wildman–Crippen LogP) is 2.55. The van der Waals surface area contributed by atoms with Crippen molar-refractivity contribution in [3.05, 3.63) is 83.6 Å². The van der Waals surface area contributed by atoms with Gasteiger partial charge >= 0.3 is 0 Å². The van der Waals surface area contributed by atoms with Crippen LogP contribution in [-0.4, -0.2) is 21.1 Å². The number of aromatic nitrogens is 3. The van der Waals surface area contributed by atoms with Gasteiger partial charge in [-0.15, -0.1) is 10.2 Å². The first-order valence-corrected chi connectivity index (χ1v) is 7.70. The molecule has 126 valence electrons. The summed E-state index contributed by atoms with van der Waals surface area (Å²) in [7, 11) is 0. The lowest BCUT2D eigenvalue weighted by atomic mass is 10.2. The van der Waals surface area contributed by atoms with Crippen molar-refractivity contribution in [3.63, 3.8) is 0 Å². The fourth-order valence-electron chi connectivity index (χ4n) is 2.12. The van der Waals surface area contributed by atoms with E-state index in [9.17, 15) is 9.18 Å². The van der Waals surface area contributed by atoms with Gasteiger partial charge < -0.3 is 10.6 Å². The fraction of sp³-hybridized carbons (Fsp3) is 0.111. The lowest BCUT2D eigenvalue weighted by Gasteiger charge is -2.07. The molecule has 0 aliphatic rings. The lowest BCUT2D eigenvalue weighted by molar-refractivity contribution is 0.0945. The molecule has 0 radical (unpaired) electrons. The molecule has 1 amide bonds. The number of rotatable bonds is 6. The quantitative estimate of drug-likeness (QED) is 0.723. The van der Waals surface area contributed by atoms with Crippen LogP contribution in [0.1, 0.15) is 21.6 Å². The van der Waals surface area contributed by atoms with Crippen molar-refractivity contribution >= 4 is 11.7 Å². The third-order valence-corrected chi connectivity index (χ3v) is 3.46. The highest BCUT2D eigenvalue weighted by Crippen LogP contribution is 2.07. The summed E-state index contributed by atoms with van der Waals surface area (Å²) in [6.45, 7) is 0.862. The molecule has 0 aliphatic carbocycles. The summed E-state index contributed by atoms with van der Waals surface area (Å²) in [6.07, 6.45) is 3.36. The first kappa shape index (κ1) is 16.5. The average molecular weight is 337 g/mol. The van der Waals surface area contributed by atoms with Gasteiger partial charge in [0.2, 0.25) is 0 Å². The van der Waals surface area contributed by atoms with Crippen LogP contribution in [0.15, 0.2) is 60.9 Å². The van der Waals surface area contributed by atoms with E-state index in [0.717, 1.165) is 11.1 Å². The van der Waals surface area contributed by atoms with E-state index in [2.05, 4.69) is 25.8 Å². The third kappa shape index (κ3) is 4.81. The molecule has 7 heteroatoms. The molecule has 0 unspecified atom stereocenters. The van der Waals surface area contributed by atoms with Crippen LogP contribution in [0.4, 0.5) is 10.2 Å². The molecule has 3 rings (SSSR count). The van der Waals surface area contributed by atoms with Crippen LogP contribution in [0.25, 0.3) is 0 Å². The van der Waals surface area contributed by atoms with Gasteiger partial charge in [-0.05, 0) is 41.5 Å². The van der Waals surface area contributed by atoms with E-state index >= 15 is 0 Å². The first-order chi connectivity index (χ1) is 12.2. The molecule has 0 bridgehead atoms. The number of anilines is 1. The summed E-state index contributed by atoms with van der Waals surface area (Å²) in [6, 6.07) is 13.1. The van der Waals surface area contributed by atoms with Crippen LogP contribution >= 0.6 is 0 Å². The van der Waals surface area contributed by atoms with Crippen molar-refractivity contribution in [1.29, 1.82) is 0 Å². The van der Waals surface area contributed by atoms with E-state index in [4.69, 9.17) is 0 Å². The third-order valence-electron chi connectivity index (χ3n) is 3.46. The van der Waals surface area contributed by atoms with E-state index in [0.29, 0.717) is 18.9 Å². The molecule has 2 heterocycles. The minimum atomic E-state index is -0.304. The molecule has 25 heavy (non-hydrogen) atoms. The van der Waals surface area contributed by atoms with Crippen LogP contribution in [0.2, 0.25) is 0 Å². The number of hydrogen-bond acceptors (Lipinski definition) is 5. The molecule has 2 aromatic heterocycles. The Bertz CT molecular complexity index is 822. The van der Waals surface area contributed by atoms with Crippen molar-refractivity contribution in [2.24, 2.45) is 0 Å². The monoisotopic (exact) mass is 337 g/mol. The van der Waals surface area contributed by atoms with Gasteiger partial charge in [-0.2, -0.15) is 0 Å². The highest BCUT2D eigenvalue weighted by atomic mass is 19.1. The van der Waals surface area contributed by atoms with E-state index in [1.165, 1.54) is 12.1 Å². The number of hydrogen-bond donors (Lipinski definition) is 2. The molecule has 1 aromatic carbocycles. The molecular weight excluding hydrogens is 321 g/mol. The maximum absolute atomic E-state index is 12.9. The standard InChI is InChI=1S/C18H16FN5O/c19-15-5-3-13(4-6-15)11-21-17-8-7-16(23-24-17)18(25)22-12-14-2-1-9-20-10-14/h1-10H,11-12H2,(H,21,24)(H,22,25). The molecule has 0 fully saturated rings. The van der Waals surface area contributed by atoms with Crippen molar-refractivity contribution in [2.45, 2.75) is 13.1 Å². The van der Waals surface area contributed by atoms with E-state index in [-0.39, 0.29) is 17.4 Å². The zero-order valence-corrected chi connectivity index (χ0v) is 13.3. The second kappa shape index (κ2) is 7.96. The Balaban J connectivity index is 1.52. The first-order valence-electron chi connectivity index (χ1n) is 7.70. The minimum absolute atomic E-state index is 0.233. The van der Waals surface area contributed by atoms with E-state index < -0.39 is 0 Å². The van der Waals surface area contributed by atoms with Gasteiger partial charge in [0.1, 0.15) is 11.6 Å². The Morgan fingerprint density at radius 1 is 0.960 bits per heavy atom. The molecular formula is C18H16FN5O. The summed E-state index contributed by atoms with van der Waals surface area (Å²) in [5.41, 5.74) is 2.05. The highest BCUT2D eigenvalue weighted by molar-refractivity contribution is 5.92. The Morgan fingerprint density at radius 2 is 1.80 bits per heavy atom. The van der Waals surface area contributed by atoms with Crippen LogP contribution in [0, 0.1) is 5.82 Å². The number of pyridine rings is 1. The van der Waals surface area contributed by atoms with Crippen LogP contribution in [0.3, 0.4) is 0 Å². The topological polar surface area (TPSA) is 79.8 Å². The van der Waals surface area contributed by atoms with Gasteiger partial charge in [-0.1, -0.05) is 18.2 Å². The van der Waals surface area contributed by atoms with Gasteiger partial charge in [0.15, 0.2) is 5.69 Å². The summed E-state index contributed by atoms with van der Waals surface area (Å²) in [5.74, 6) is -0.0419. The predicted molar refractivity (Wildman–Crippen MR) is 91.2 cm³/mol. The van der Waals surface area contributed by atoms with E-state index in [1.807, 2.05) is 12.1 Å². The molecule has 0 atom stereocenters. The van der Waals surface area contributed by atoms with Gasteiger partial charge in [-0.25, -0.2) is 4.39 Å². The van der Waals surface area contributed by atoms with Crippen molar-refractivity contribution < 1.29 is 9.18 Å². The van der Waals surface area contributed by atoms with Crippen LogP contribution < -0.4 is 10.6 Å². The Labute approximate surface area is 144 Å². The summed E-state index contributed by atoms with van der Waals surface area (Å²) in [5, 5.41) is 13.7. The Hall–Kier alpha value is -3.35. The zero-order chi connectivity index (χ0) is 17.5. The number of nitrogens with one attached hydrogen (secondary N) is 2. The van der Waals surface area contributed by atoms with Crippen LogP contribution in [0.5, 0.6) is 0 Å². The van der Waals surface area contributed by atoms with Gasteiger partial charge in [0.25, 0.3) is 5.91 Å². The maximum atomic E-state index is 12.9. The number of nitrogens with zero attached hydrogens (tertiary/aromatic N) is 3. The smallest absolute Gasteiger partial charge is 0.272 e. The Morgan fingerprint density at radius 3 is 2.48 bits per heavy atom. The van der Waals surface area contributed by atoms with Crippen molar-refractivity contribution in [2.75, 3.05) is 5.32 Å². The average Bonchev–Trinajstić information content (AvgIpc) is 2.67. The molecule has 0 saturated heterocycles. The van der Waals surface area contributed by atoms with Gasteiger partial charge in [-0.3, -0.25) is 9.78 Å². The van der Waals surface area contributed by atoms with Gasteiger partial charge in [0, 0.05) is 25.5 Å². The SMILES string of the molecule is O=C(NCc1cccnc1)c1ccc(NCc2ccc(F)cc2)nn1. The molecule has 0 saturated carbocycles. The Kier molecular flexibility index (Phi) is 5.26. The van der Waals surface area contributed by atoms with E-state index in [1.54, 1.807) is 36.7 Å². The highest BCUT2D eigenvalue weighted by Gasteiger charge is 2.08. The maximum Gasteiger partial charge on any atom is 0.272 e. The summed E-state index contributed by atoms with van der Waals surface area (Å²) >= 11 is 0. The number of benzene rings is 1. The molecule has 2 N–H and O–H groups in total. The minimum Gasteiger partial charge on any atom is -0.365 e. The second-order valence-electron chi connectivity index (χ2n) is 5.33. The largest absolute Gasteiger partial charge is 0.365 e. The molecule has 0 aliphatic heterocycles. The molecule has 6 nitrogen and oxygen atoms in total. The number of amides is 1. The zero-order valence-electron chi connectivity index (χ0n) is 13.3. The van der Waals surface area contributed by atoms with Crippen LogP contribution in [-0.2, 0) is 13.1 Å². The lowest BCUT2D eigenvalue weighted by Crippen LogP contribution is -2.24. The number of carbonyl (C=O) groups is 1. The van der Waals surface area contributed by atoms with Crippen molar-refractivity contribution in [1.82, 2.24) is 20.5 Å². The summed E-state index contributed by atoms with van der Waals surface area (Å²) in [4.78, 5) is 16.0. The van der Waals surface area contributed by atoms with Gasteiger partial charge in [0.05, 0.1) is 0 Å². The summed E-state index contributed by atoms with van der Waals surface area (Å²) < 4.78 is 12.9. The second-order valence-corrected chi connectivity index (χ2v) is 5.33. The number of carbonyl (C=O) groups excluding carboxylic acids is 1. The van der Waals surface area contributed by atoms with Crippen molar-refractivity contribution in [3.8, 4) is 0 Å². The fourth-order valence-corrected chi connectivity index (χ4v) is 2.12. The number of halogens is 1. The molecule has 3 aromatic rings. The molecule has 0 spiro atoms.